The van der Waals surface area contributed by atoms with Gasteiger partial charge in [-0.15, -0.1) is 0 Å². The van der Waals surface area contributed by atoms with Crippen LogP contribution in [0.5, 0.6) is 0 Å². The zero-order chi connectivity index (χ0) is 28.8. The Hall–Kier alpha value is -3.00. The van der Waals surface area contributed by atoms with Crippen LogP contribution < -0.4 is 10.2 Å². The summed E-state index contributed by atoms with van der Waals surface area (Å²) in [4.78, 5) is 20.9. The first kappa shape index (κ1) is 29.5. The Labute approximate surface area is 248 Å². The maximum atomic E-state index is 12.5. The fourth-order valence-electron chi connectivity index (χ4n) is 6.56. The molecule has 3 heterocycles. The maximum absolute atomic E-state index is 12.5. The second-order valence-electron chi connectivity index (χ2n) is 11.2. The van der Waals surface area contributed by atoms with E-state index in [0.29, 0.717) is 11.5 Å². The second kappa shape index (κ2) is 13.3. The smallest absolute Gasteiger partial charge is 0.338 e. The van der Waals surface area contributed by atoms with Crippen LogP contribution in [-0.2, 0) is 9.47 Å². The number of hydrogen-bond acceptors (Lipinski definition) is 7. The van der Waals surface area contributed by atoms with Crippen molar-refractivity contribution in [1.82, 2.24) is 10.3 Å². The molecule has 0 aliphatic carbocycles. The summed E-state index contributed by atoms with van der Waals surface area (Å²) in [5.41, 5.74) is 6.15. The number of methoxy groups -OCH3 is 2. The molecule has 6 nitrogen and oxygen atoms in total. The number of benzene rings is 2. The summed E-state index contributed by atoms with van der Waals surface area (Å²) in [5, 5.41) is 4.44. The number of carbonyl (C=O) groups excluding carboxylic acids is 1. The number of piperidine rings is 1. The van der Waals surface area contributed by atoms with Crippen LogP contribution in [0, 0.1) is 5.92 Å². The summed E-state index contributed by atoms with van der Waals surface area (Å²) < 4.78 is 11.3. The third-order valence-electron chi connectivity index (χ3n) is 8.99. The lowest BCUT2D eigenvalue weighted by molar-refractivity contribution is -0.0794. The molecule has 2 aromatic carbocycles. The standard InChI is InChI=1S/C34H43N3O3S/c1-5-7-28(6-2)34(40-4)16-20-37(21-17-34)33-36-23-31(41-33)26-10-8-24(9-11-26)27-12-13-29(32(38)39-3)30(22-27)25-14-18-35-19-15-25/h8-14,22-23,28,35H,5-7,15-21H2,1-4H3. The predicted molar refractivity (Wildman–Crippen MR) is 170 cm³/mol. The van der Waals surface area contributed by atoms with Gasteiger partial charge in [0.2, 0.25) is 0 Å². The molecule has 0 spiro atoms. The molecule has 2 aliphatic rings. The SMILES string of the molecule is CCCC(CC)C1(OC)CCN(c2ncc(-c3ccc(-c4ccc(C(=O)OC)c(C5=CCNCC5)c4)cc3)s2)CC1. The van der Waals surface area contributed by atoms with Gasteiger partial charge < -0.3 is 19.7 Å². The molecule has 0 radical (unpaired) electrons. The summed E-state index contributed by atoms with van der Waals surface area (Å²) in [6.07, 6.45) is 10.8. The van der Waals surface area contributed by atoms with Crippen LogP contribution in [-0.4, -0.2) is 57.0 Å². The molecule has 1 atom stereocenters. The van der Waals surface area contributed by atoms with Gasteiger partial charge in [0.25, 0.3) is 0 Å². The number of rotatable bonds is 10. The van der Waals surface area contributed by atoms with E-state index >= 15 is 0 Å². The number of thiazole rings is 1. The highest BCUT2D eigenvalue weighted by atomic mass is 32.1. The first-order chi connectivity index (χ1) is 20.0. The number of anilines is 1. The van der Waals surface area contributed by atoms with E-state index in [-0.39, 0.29) is 11.6 Å². The zero-order valence-corrected chi connectivity index (χ0v) is 25.7. The van der Waals surface area contributed by atoms with Crippen molar-refractivity contribution in [2.75, 3.05) is 45.3 Å². The van der Waals surface area contributed by atoms with Crippen LogP contribution in [0.3, 0.4) is 0 Å². The predicted octanol–water partition coefficient (Wildman–Crippen LogP) is 7.45. The molecular weight excluding hydrogens is 530 g/mol. The minimum Gasteiger partial charge on any atom is -0.465 e. The molecule has 0 saturated carbocycles. The van der Waals surface area contributed by atoms with Crippen molar-refractivity contribution in [2.24, 2.45) is 5.92 Å². The Morgan fingerprint density at radius 3 is 2.44 bits per heavy atom. The first-order valence-corrected chi connectivity index (χ1v) is 15.8. The minimum absolute atomic E-state index is 0.00346. The van der Waals surface area contributed by atoms with Gasteiger partial charge in [-0.3, -0.25) is 0 Å². The first-order valence-electron chi connectivity index (χ1n) is 15.0. The summed E-state index contributed by atoms with van der Waals surface area (Å²) in [6.45, 7) is 8.26. The highest BCUT2D eigenvalue weighted by Gasteiger charge is 2.40. The number of ether oxygens (including phenoxy) is 2. The van der Waals surface area contributed by atoms with E-state index in [0.717, 1.165) is 67.3 Å². The second-order valence-corrected chi connectivity index (χ2v) is 12.2. The molecule has 7 heteroatoms. The Bertz CT molecular complexity index is 1360. The van der Waals surface area contributed by atoms with Crippen molar-refractivity contribution in [3.63, 3.8) is 0 Å². The Kier molecular flexibility index (Phi) is 9.58. The number of esters is 1. The number of hydrogen-bond donors (Lipinski definition) is 1. The monoisotopic (exact) mass is 573 g/mol. The minimum atomic E-state index is -0.296. The van der Waals surface area contributed by atoms with Crippen LogP contribution in [0.25, 0.3) is 27.1 Å². The Morgan fingerprint density at radius 1 is 1.07 bits per heavy atom. The molecule has 0 amide bonds. The normalized spacial score (nSPS) is 17.7. The lowest BCUT2D eigenvalue weighted by Crippen LogP contribution is -2.50. The number of nitrogens with one attached hydrogen (secondary N) is 1. The van der Waals surface area contributed by atoms with Gasteiger partial charge >= 0.3 is 5.97 Å². The summed E-state index contributed by atoms with van der Waals surface area (Å²) in [6, 6.07) is 14.7. The molecule has 1 unspecified atom stereocenters. The van der Waals surface area contributed by atoms with Gasteiger partial charge in [0.05, 0.1) is 23.2 Å². The summed E-state index contributed by atoms with van der Waals surface area (Å²) >= 11 is 1.76. The molecule has 5 rings (SSSR count). The highest BCUT2D eigenvalue weighted by molar-refractivity contribution is 7.18. The Morgan fingerprint density at radius 2 is 1.80 bits per heavy atom. The Balaban J connectivity index is 1.31. The fraction of sp³-hybridized carbons (Fsp3) is 0.471. The third-order valence-corrected chi connectivity index (χ3v) is 10.1. The van der Waals surface area contributed by atoms with Gasteiger partial charge in [-0.1, -0.05) is 74.4 Å². The molecular formula is C34H43N3O3S. The van der Waals surface area contributed by atoms with Gasteiger partial charge in [-0.2, -0.15) is 0 Å². The molecule has 1 saturated heterocycles. The van der Waals surface area contributed by atoms with Crippen LogP contribution in [0.2, 0.25) is 0 Å². The summed E-state index contributed by atoms with van der Waals surface area (Å²) in [7, 11) is 3.34. The average Bonchev–Trinajstić information content (AvgIpc) is 3.54. The van der Waals surface area contributed by atoms with Gasteiger partial charge in [-0.05, 0) is 78.1 Å². The van der Waals surface area contributed by atoms with Crippen LogP contribution in [0.1, 0.15) is 68.3 Å². The molecule has 1 fully saturated rings. The van der Waals surface area contributed by atoms with E-state index in [9.17, 15) is 4.79 Å². The number of carbonyl (C=O) groups is 1. The van der Waals surface area contributed by atoms with Crippen molar-refractivity contribution >= 4 is 28.0 Å². The average molecular weight is 574 g/mol. The molecule has 2 aliphatic heterocycles. The molecule has 0 bridgehead atoms. The van der Waals surface area contributed by atoms with E-state index in [1.54, 1.807) is 11.3 Å². The van der Waals surface area contributed by atoms with Crippen LogP contribution in [0.4, 0.5) is 5.13 Å². The van der Waals surface area contributed by atoms with E-state index in [1.165, 1.54) is 42.4 Å². The quantitative estimate of drug-likeness (QED) is 0.254. The van der Waals surface area contributed by atoms with Gasteiger partial charge in [0.1, 0.15) is 0 Å². The zero-order valence-electron chi connectivity index (χ0n) is 24.9. The molecule has 41 heavy (non-hydrogen) atoms. The maximum Gasteiger partial charge on any atom is 0.338 e. The third kappa shape index (κ3) is 6.27. The number of nitrogens with zero attached hydrogens (tertiary/aromatic N) is 2. The van der Waals surface area contributed by atoms with E-state index in [4.69, 9.17) is 14.5 Å². The van der Waals surface area contributed by atoms with Crippen LogP contribution in [0.15, 0.2) is 54.7 Å². The van der Waals surface area contributed by atoms with E-state index in [1.807, 2.05) is 25.4 Å². The largest absolute Gasteiger partial charge is 0.465 e. The topological polar surface area (TPSA) is 63.7 Å². The van der Waals surface area contributed by atoms with E-state index < -0.39 is 0 Å². The van der Waals surface area contributed by atoms with Crippen molar-refractivity contribution in [3.8, 4) is 21.6 Å². The lowest BCUT2D eigenvalue weighted by Gasteiger charge is -2.45. The van der Waals surface area contributed by atoms with Crippen molar-refractivity contribution in [3.05, 3.63) is 65.9 Å². The van der Waals surface area contributed by atoms with Gasteiger partial charge in [0, 0.05) is 32.9 Å². The van der Waals surface area contributed by atoms with Crippen molar-refractivity contribution in [1.29, 1.82) is 0 Å². The summed E-state index contributed by atoms with van der Waals surface area (Å²) in [5.74, 6) is 0.323. The molecule has 1 aromatic heterocycles. The fourth-order valence-corrected chi connectivity index (χ4v) is 7.53. The molecule has 3 aromatic rings. The molecule has 1 N–H and O–H groups in total. The molecule has 218 valence electrons. The van der Waals surface area contributed by atoms with Crippen LogP contribution >= 0.6 is 11.3 Å². The van der Waals surface area contributed by atoms with Gasteiger partial charge in [-0.25, -0.2) is 9.78 Å². The van der Waals surface area contributed by atoms with Crippen molar-refractivity contribution in [2.45, 2.75) is 58.0 Å². The number of aromatic nitrogens is 1. The van der Waals surface area contributed by atoms with E-state index in [2.05, 4.69) is 60.5 Å². The lowest BCUT2D eigenvalue weighted by atomic mass is 9.76. The van der Waals surface area contributed by atoms with Crippen molar-refractivity contribution < 1.29 is 14.3 Å². The van der Waals surface area contributed by atoms with Gasteiger partial charge in [0.15, 0.2) is 5.13 Å². The highest BCUT2D eigenvalue weighted by Crippen LogP contribution is 2.40.